The maximum atomic E-state index is 12.1. The van der Waals surface area contributed by atoms with Gasteiger partial charge in [-0.3, -0.25) is 4.79 Å². The second-order valence-electron chi connectivity index (χ2n) is 5.09. The molecular formula is C14H19BrN2O. The molecule has 0 radical (unpaired) electrons. The molecule has 3 nitrogen and oxygen atoms in total. The molecule has 18 heavy (non-hydrogen) atoms. The Morgan fingerprint density at radius 2 is 2.28 bits per heavy atom. The third-order valence-corrected chi connectivity index (χ3v) is 4.39. The SMILES string of the molecule is CN1CCCC(CN)(c2cccc(Br)c2)CC1=O. The van der Waals surface area contributed by atoms with Crippen molar-refractivity contribution in [2.75, 3.05) is 20.1 Å². The minimum atomic E-state index is -0.203. The van der Waals surface area contributed by atoms with Crippen molar-refractivity contribution in [3.63, 3.8) is 0 Å². The third kappa shape index (κ3) is 2.59. The largest absolute Gasteiger partial charge is 0.346 e. The minimum absolute atomic E-state index is 0.193. The number of nitrogens with two attached hydrogens (primary N) is 1. The van der Waals surface area contributed by atoms with Gasteiger partial charge in [-0.05, 0) is 30.5 Å². The van der Waals surface area contributed by atoms with Crippen LogP contribution in [0.25, 0.3) is 0 Å². The number of carbonyl (C=O) groups excluding carboxylic acids is 1. The first-order valence-electron chi connectivity index (χ1n) is 6.27. The van der Waals surface area contributed by atoms with Crippen LogP contribution in [0.4, 0.5) is 0 Å². The van der Waals surface area contributed by atoms with Crippen LogP contribution in [0.2, 0.25) is 0 Å². The van der Waals surface area contributed by atoms with Crippen molar-refractivity contribution >= 4 is 21.8 Å². The highest BCUT2D eigenvalue weighted by Crippen LogP contribution is 2.35. The minimum Gasteiger partial charge on any atom is -0.346 e. The fraction of sp³-hybridized carbons (Fsp3) is 0.500. The first kappa shape index (κ1) is 13.6. The number of likely N-dealkylation sites (tertiary alicyclic amines) is 1. The van der Waals surface area contributed by atoms with E-state index >= 15 is 0 Å². The van der Waals surface area contributed by atoms with Gasteiger partial charge in [0.25, 0.3) is 0 Å². The standard InChI is InChI=1S/C14H19BrN2O/c1-17-7-3-6-14(10-16,9-13(17)18)11-4-2-5-12(15)8-11/h2,4-5,8H,3,6-7,9-10,16H2,1H3. The van der Waals surface area contributed by atoms with E-state index in [-0.39, 0.29) is 11.3 Å². The number of rotatable bonds is 2. The van der Waals surface area contributed by atoms with E-state index in [1.54, 1.807) is 0 Å². The maximum Gasteiger partial charge on any atom is 0.223 e. The fourth-order valence-electron chi connectivity index (χ4n) is 2.65. The highest BCUT2D eigenvalue weighted by Gasteiger charge is 2.36. The van der Waals surface area contributed by atoms with Crippen LogP contribution in [0.5, 0.6) is 0 Å². The van der Waals surface area contributed by atoms with Gasteiger partial charge >= 0.3 is 0 Å². The number of amides is 1. The molecule has 2 N–H and O–H groups in total. The Bertz CT molecular complexity index is 449. The third-order valence-electron chi connectivity index (χ3n) is 3.89. The molecule has 1 atom stereocenters. The van der Waals surface area contributed by atoms with E-state index in [0.29, 0.717) is 13.0 Å². The Morgan fingerprint density at radius 3 is 2.94 bits per heavy atom. The molecule has 1 aliphatic heterocycles. The lowest BCUT2D eigenvalue weighted by molar-refractivity contribution is -0.130. The van der Waals surface area contributed by atoms with Gasteiger partial charge in [0.2, 0.25) is 5.91 Å². The van der Waals surface area contributed by atoms with E-state index in [1.807, 2.05) is 24.1 Å². The van der Waals surface area contributed by atoms with Gasteiger partial charge in [0.05, 0.1) is 0 Å². The monoisotopic (exact) mass is 310 g/mol. The predicted octanol–water partition coefficient (Wildman–Crippen LogP) is 2.29. The first-order chi connectivity index (χ1) is 8.57. The molecule has 2 rings (SSSR count). The summed E-state index contributed by atoms with van der Waals surface area (Å²) in [5.41, 5.74) is 6.98. The second-order valence-corrected chi connectivity index (χ2v) is 6.01. The lowest BCUT2D eigenvalue weighted by Gasteiger charge is -2.31. The Kier molecular flexibility index (Phi) is 4.07. The Hall–Kier alpha value is -0.870. The van der Waals surface area contributed by atoms with Crippen LogP contribution in [0.1, 0.15) is 24.8 Å². The van der Waals surface area contributed by atoms with Gasteiger partial charge in [-0.2, -0.15) is 0 Å². The van der Waals surface area contributed by atoms with Crippen molar-refractivity contribution in [1.29, 1.82) is 0 Å². The van der Waals surface area contributed by atoms with Crippen LogP contribution in [-0.4, -0.2) is 30.9 Å². The molecule has 1 saturated heterocycles. The molecule has 1 unspecified atom stereocenters. The normalized spacial score (nSPS) is 25.1. The lowest BCUT2D eigenvalue weighted by Crippen LogP contribution is -2.38. The molecule has 0 spiro atoms. The highest BCUT2D eigenvalue weighted by atomic mass is 79.9. The molecule has 1 heterocycles. The molecule has 0 aliphatic carbocycles. The summed E-state index contributed by atoms with van der Waals surface area (Å²) in [4.78, 5) is 13.9. The van der Waals surface area contributed by atoms with Crippen LogP contribution in [-0.2, 0) is 10.2 Å². The molecule has 1 amide bonds. The van der Waals surface area contributed by atoms with Crippen LogP contribution < -0.4 is 5.73 Å². The molecule has 0 bridgehead atoms. The Morgan fingerprint density at radius 1 is 1.50 bits per heavy atom. The summed E-state index contributed by atoms with van der Waals surface area (Å²) in [6.07, 6.45) is 2.48. The zero-order chi connectivity index (χ0) is 13.2. The summed E-state index contributed by atoms with van der Waals surface area (Å²) in [5.74, 6) is 0.193. The van der Waals surface area contributed by atoms with Crippen molar-refractivity contribution in [2.45, 2.75) is 24.7 Å². The smallest absolute Gasteiger partial charge is 0.223 e. The molecule has 0 aromatic heterocycles. The maximum absolute atomic E-state index is 12.1. The topological polar surface area (TPSA) is 46.3 Å². The zero-order valence-electron chi connectivity index (χ0n) is 10.7. The number of nitrogens with zero attached hydrogens (tertiary/aromatic N) is 1. The average molecular weight is 311 g/mol. The number of halogens is 1. The molecule has 98 valence electrons. The number of benzene rings is 1. The predicted molar refractivity (Wildman–Crippen MR) is 76.4 cm³/mol. The summed E-state index contributed by atoms with van der Waals surface area (Å²) in [7, 11) is 1.87. The Labute approximate surface area is 116 Å². The van der Waals surface area contributed by atoms with Crippen molar-refractivity contribution in [1.82, 2.24) is 4.90 Å². The van der Waals surface area contributed by atoms with E-state index in [0.717, 1.165) is 23.9 Å². The van der Waals surface area contributed by atoms with Crippen molar-refractivity contribution in [3.05, 3.63) is 34.3 Å². The summed E-state index contributed by atoms with van der Waals surface area (Å²) in [6, 6.07) is 8.18. The average Bonchev–Trinajstić information content (AvgIpc) is 2.50. The summed E-state index contributed by atoms with van der Waals surface area (Å²) >= 11 is 3.49. The van der Waals surface area contributed by atoms with Gasteiger partial charge in [0.15, 0.2) is 0 Å². The van der Waals surface area contributed by atoms with Crippen LogP contribution in [0, 0.1) is 0 Å². The van der Waals surface area contributed by atoms with Crippen molar-refractivity contribution in [3.8, 4) is 0 Å². The summed E-state index contributed by atoms with van der Waals surface area (Å²) in [5, 5.41) is 0. The molecule has 1 aromatic carbocycles. The van der Waals surface area contributed by atoms with E-state index < -0.39 is 0 Å². The first-order valence-corrected chi connectivity index (χ1v) is 7.07. The molecule has 1 fully saturated rings. The highest BCUT2D eigenvalue weighted by molar-refractivity contribution is 9.10. The molecule has 1 aromatic rings. The van der Waals surface area contributed by atoms with Gasteiger partial charge in [-0.15, -0.1) is 0 Å². The van der Waals surface area contributed by atoms with Gasteiger partial charge in [0.1, 0.15) is 0 Å². The Balaban J connectivity index is 2.38. The number of hydrogen-bond acceptors (Lipinski definition) is 2. The van der Waals surface area contributed by atoms with E-state index in [2.05, 4.69) is 28.1 Å². The van der Waals surface area contributed by atoms with Crippen LogP contribution in [0.15, 0.2) is 28.7 Å². The van der Waals surface area contributed by atoms with Gasteiger partial charge in [-0.1, -0.05) is 28.1 Å². The molecule has 0 saturated carbocycles. The number of carbonyl (C=O) groups is 1. The lowest BCUT2D eigenvalue weighted by atomic mass is 9.74. The van der Waals surface area contributed by atoms with E-state index in [1.165, 1.54) is 5.56 Å². The molecular weight excluding hydrogens is 292 g/mol. The zero-order valence-corrected chi connectivity index (χ0v) is 12.2. The van der Waals surface area contributed by atoms with E-state index in [4.69, 9.17) is 5.73 Å². The second kappa shape index (κ2) is 5.41. The van der Waals surface area contributed by atoms with Crippen LogP contribution in [0.3, 0.4) is 0 Å². The van der Waals surface area contributed by atoms with Gasteiger partial charge in [-0.25, -0.2) is 0 Å². The van der Waals surface area contributed by atoms with Gasteiger partial charge < -0.3 is 10.6 Å². The van der Waals surface area contributed by atoms with Crippen LogP contribution >= 0.6 is 15.9 Å². The van der Waals surface area contributed by atoms with E-state index in [9.17, 15) is 4.79 Å². The molecule has 4 heteroatoms. The quantitative estimate of drug-likeness (QED) is 0.911. The summed E-state index contributed by atoms with van der Waals surface area (Å²) in [6.45, 7) is 1.34. The van der Waals surface area contributed by atoms with Crippen molar-refractivity contribution < 1.29 is 4.79 Å². The fourth-order valence-corrected chi connectivity index (χ4v) is 3.05. The van der Waals surface area contributed by atoms with Gasteiger partial charge in [0, 0.05) is 36.4 Å². The molecule has 1 aliphatic rings. The number of hydrogen-bond donors (Lipinski definition) is 1. The summed E-state index contributed by atoms with van der Waals surface area (Å²) < 4.78 is 1.04. The van der Waals surface area contributed by atoms with Crippen molar-refractivity contribution in [2.24, 2.45) is 5.73 Å².